The van der Waals surface area contributed by atoms with Crippen LogP contribution < -0.4 is 0 Å². The van der Waals surface area contributed by atoms with E-state index in [4.69, 9.17) is 8.85 Å². The first-order valence-electron chi connectivity index (χ1n) is 5.27. The Labute approximate surface area is 88.7 Å². The maximum Gasteiger partial charge on any atom is 0.332 e. The average Bonchev–Trinajstić information content (AvgIpc) is 2.00. The van der Waals surface area contributed by atoms with Crippen molar-refractivity contribution in [2.75, 3.05) is 6.61 Å². The number of hydrogen-bond donors (Lipinski definition) is 1. The third kappa shape index (κ3) is 4.55. The Morgan fingerprint density at radius 2 is 1.79 bits per heavy atom. The summed E-state index contributed by atoms with van der Waals surface area (Å²) < 4.78 is 11.5. The summed E-state index contributed by atoms with van der Waals surface area (Å²) >= 11 is 0. The molecule has 4 heteroatoms. The molecular formula is C10H24O3Si. The van der Waals surface area contributed by atoms with Crippen molar-refractivity contribution in [3.05, 3.63) is 0 Å². The Hall–Kier alpha value is 0.0969. The number of aliphatic hydroxyl groups excluding tert-OH is 1. The largest absolute Gasteiger partial charge is 0.395 e. The van der Waals surface area contributed by atoms with Crippen molar-refractivity contribution in [3.63, 3.8) is 0 Å². The number of rotatable bonds is 6. The van der Waals surface area contributed by atoms with Gasteiger partial charge in [0.15, 0.2) is 0 Å². The Balaban J connectivity index is 4.33. The van der Waals surface area contributed by atoms with Crippen LogP contribution >= 0.6 is 0 Å². The molecule has 14 heavy (non-hydrogen) atoms. The van der Waals surface area contributed by atoms with Crippen molar-refractivity contribution in [2.45, 2.75) is 58.9 Å². The molecule has 0 saturated heterocycles. The minimum atomic E-state index is -2.08. The molecule has 0 saturated carbocycles. The van der Waals surface area contributed by atoms with E-state index in [1.807, 2.05) is 40.8 Å². The highest BCUT2D eigenvalue weighted by Crippen LogP contribution is 2.23. The fourth-order valence-electron chi connectivity index (χ4n) is 1.57. The zero-order chi connectivity index (χ0) is 11.4. The van der Waals surface area contributed by atoms with Crippen molar-refractivity contribution >= 4 is 8.56 Å². The van der Waals surface area contributed by atoms with Crippen molar-refractivity contribution in [3.8, 4) is 0 Å². The fourth-order valence-corrected chi connectivity index (χ4v) is 3.73. The predicted octanol–water partition coefficient (Wildman–Crippen LogP) is 2.29. The van der Waals surface area contributed by atoms with Crippen molar-refractivity contribution < 1.29 is 14.0 Å². The Morgan fingerprint density at radius 1 is 1.29 bits per heavy atom. The van der Waals surface area contributed by atoms with Gasteiger partial charge in [-0.15, -0.1) is 0 Å². The van der Waals surface area contributed by atoms with Gasteiger partial charge in [-0.3, -0.25) is 0 Å². The molecule has 0 heterocycles. The van der Waals surface area contributed by atoms with Gasteiger partial charge in [-0.1, -0.05) is 6.92 Å². The lowest BCUT2D eigenvalue weighted by Crippen LogP contribution is -2.49. The first-order chi connectivity index (χ1) is 6.25. The zero-order valence-electron chi connectivity index (χ0n) is 10.3. The van der Waals surface area contributed by atoms with Gasteiger partial charge in [0, 0.05) is 6.61 Å². The lowest BCUT2D eigenvalue weighted by atomic mass is 10.0. The van der Waals surface area contributed by atoms with E-state index in [9.17, 15) is 5.11 Å². The van der Waals surface area contributed by atoms with Gasteiger partial charge in [-0.05, 0) is 40.3 Å². The second-order valence-corrected chi connectivity index (χ2v) is 7.75. The molecule has 0 bridgehead atoms. The van der Waals surface area contributed by atoms with Crippen LogP contribution in [-0.4, -0.2) is 32.0 Å². The maximum absolute atomic E-state index is 9.76. The van der Waals surface area contributed by atoms with Gasteiger partial charge in [0.05, 0.1) is 11.7 Å². The molecule has 0 amide bonds. The quantitative estimate of drug-likeness (QED) is 0.698. The maximum atomic E-state index is 9.76. The summed E-state index contributed by atoms with van der Waals surface area (Å²) in [6.45, 7) is 12.4. The summed E-state index contributed by atoms with van der Waals surface area (Å²) in [7, 11) is -2.08. The highest BCUT2D eigenvalue weighted by molar-refractivity contribution is 6.64. The summed E-state index contributed by atoms with van der Waals surface area (Å²) in [4.78, 5) is 0. The molecule has 86 valence electrons. The molecule has 0 aliphatic rings. The van der Waals surface area contributed by atoms with Crippen LogP contribution in [0.5, 0.6) is 0 Å². The van der Waals surface area contributed by atoms with Crippen LogP contribution in [0.15, 0.2) is 0 Å². The Kier molecular flexibility index (Phi) is 5.29. The average molecular weight is 220 g/mol. The molecule has 0 aromatic rings. The molecule has 0 aliphatic heterocycles. The van der Waals surface area contributed by atoms with Gasteiger partial charge in [-0.2, -0.15) is 0 Å². The van der Waals surface area contributed by atoms with Gasteiger partial charge >= 0.3 is 8.56 Å². The summed E-state index contributed by atoms with van der Waals surface area (Å²) in [5.74, 6) is 0. The summed E-state index contributed by atoms with van der Waals surface area (Å²) in [6.07, 6.45) is 0.263. The minimum absolute atomic E-state index is 0.435. The molecule has 1 unspecified atom stereocenters. The van der Waals surface area contributed by atoms with Gasteiger partial charge in [0.1, 0.15) is 0 Å². The van der Waals surface area contributed by atoms with Crippen LogP contribution in [0.25, 0.3) is 0 Å². The van der Waals surface area contributed by atoms with E-state index in [0.717, 1.165) is 0 Å². The molecule has 1 N–H and O–H groups in total. The normalized spacial score (nSPS) is 15.6. The number of hydrogen-bond acceptors (Lipinski definition) is 3. The van der Waals surface area contributed by atoms with E-state index < -0.39 is 20.3 Å². The van der Waals surface area contributed by atoms with Crippen LogP contribution in [0.1, 0.15) is 34.1 Å². The SMILES string of the molecule is CCO[Si](C)(C)OC(C)(C)C(O)CC. The van der Waals surface area contributed by atoms with E-state index in [0.29, 0.717) is 13.0 Å². The monoisotopic (exact) mass is 220 g/mol. The third-order valence-corrected chi connectivity index (χ3v) is 4.19. The zero-order valence-corrected chi connectivity index (χ0v) is 11.3. The molecule has 0 fully saturated rings. The van der Waals surface area contributed by atoms with Gasteiger partial charge in [-0.25, -0.2) is 0 Å². The fraction of sp³-hybridized carbons (Fsp3) is 1.00. The van der Waals surface area contributed by atoms with Crippen molar-refractivity contribution in [2.24, 2.45) is 0 Å². The number of aliphatic hydroxyl groups is 1. The lowest BCUT2D eigenvalue weighted by molar-refractivity contribution is -0.0514. The smallest absolute Gasteiger partial charge is 0.332 e. The van der Waals surface area contributed by atoms with Crippen LogP contribution in [-0.2, 0) is 8.85 Å². The topological polar surface area (TPSA) is 38.7 Å². The molecule has 0 spiro atoms. The standard InChI is InChI=1S/C10H24O3Si/c1-7-9(11)10(3,4)13-14(5,6)12-8-2/h9,11H,7-8H2,1-6H3. The van der Waals surface area contributed by atoms with E-state index >= 15 is 0 Å². The van der Waals surface area contributed by atoms with Gasteiger partial charge in [0.25, 0.3) is 0 Å². The van der Waals surface area contributed by atoms with Crippen molar-refractivity contribution in [1.29, 1.82) is 0 Å². The van der Waals surface area contributed by atoms with Gasteiger partial charge < -0.3 is 14.0 Å². The predicted molar refractivity (Wildman–Crippen MR) is 60.6 cm³/mol. The molecule has 0 aromatic heterocycles. The van der Waals surface area contributed by atoms with Gasteiger partial charge in [0.2, 0.25) is 0 Å². The van der Waals surface area contributed by atoms with Crippen LogP contribution in [0, 0.1) is 0 Å². The van der Waals surface area contributed by atoms with E-state index in [1.54, 1.807) is 0 Å². The van der Waals surface area contributed by atoms with Crippen molar-refractivity contribution in [1.82, 2.24) is 0 Å². The second-order valence-electron chi connectivity index (χ2n) is 4.46. The first-order valence-corrected chi connectivity index (χ1v) is 8.09. The molecule has 0 radical (unpaired) electrons. The minimum Gasteiger partial charge on any atom is -0.395 e. The first kappa shape index (κ1) is 14.1. The second kappa shape index (κ2) is 5.26. The molecule has 1 atom stereocenters. The highest BCUT2D eigenvalue weighted by atomic mass is 28.4. The molecule has 0 aliphatic carbocycles. The Morgan fingerprint density at radius 3 is 2.14 bits per heavy atom. The summed E-state index contributed by atoms with van der Waals surface area (Å²) in [5, 5.41) is 9.76. The van der Waals surface area contributed by atoms with Crippen LogP contribution in [0.4, 0.5) is 0 Å². The summed E-state index contributed by atoms with van der Waals surface area (Å²) in [6, 6.07) is 0. The van der Waals surface area contributed by atoms with E-state index in [1.165, 1.54) is 0 Å². The van der Waals surface area contributed by atoms with Crippen LogP contribution in [0.3, 0.4) is 0 Å². The highest BCUT2D eigenvalue weighted by Gasteiger charge is 2.36. The summed E-state index contributed by atoms with van der Waals surface area (Å²) in [5.41, 5.74) is -0.514. The third-order valence-electron chi connectivity index (χ3n) is 2.19. The van der Waals surface area contributed by atoms with E-state index in [-0.39, 0.29) is 0 Å². The lowest BCUT2D eigenvalue weighted by Gasteiger charge is -2.37. The van der Waals surface area contributed by atoms with Crippen LogP contribution in [0.2, 0.25) is 13.1 Å². The Bertz CT molecular complexity index is 169. The van der Waals surface area contributed by atoms with E-state index in [2.05, 4.69) is 0 Å². The molecular weight excluding hydrogens is 196 g/mol. The molecule has 0 rings (SSSR count). The molecule has 0 aromatic carbocycles. The molecule has 3 nitrogen and oxygen atoms in total.